The molecule has 1 N–H and O–H groups in total. The Hall–Kier alpha value is -2.24. The van der Waals surface area contributed by atoms with Gasteiger partial charge in [-0.05, 0) is 57.0 Å². The predicted molar refractivity (Wildman–Crippen MR) is 113 cm³/mol. The Morgan fingerprint density at radius 2 is 1.93 bits per heavy atom. The molecule has 1 amide bonds. The molecule has 1 aromatic carbocycles. The van der Waals surface area contributed by atoms with Crippen LogP contribution < -0.4 is 5.32 Å². The van der Waals surface area contributed by atoms with Crippen LogP contribution in [0.2, 0.25) is 0 Å². The Morgan fingerprint density at radius 1 is 1.21 bits per heavy atom. The number of pyridine rings is 1. The largest absolute Gasteiger partial charge is 0.383 e. The highest BCUT2D eigenvalue weighted by molar-refractivity contribution is 5.94. The summed E-state index contributed by atoms with van der Waals surface area (Å²) in [6.07, 6.45) is 2.19. The van der Waals surface area contributed by atoms with Crippen LogP contribution in [0.25, 0.3) is 0 Å². The lowest BCUT2D eigenvalue weighted by molar-refractivity contribution is -0.117. The molecule has 28 heavy (non-hydrogen) atoms. The molecule has 5 heteroatoms. The maximum Gasteiger partial charge on any atom is 0.232 e. The van der Waals surface area contributed by atoms with Gasteiger partial charge in [-0.2, -0.15) is 0 Å². The molecule has 1 aliphatic heterocycles. The number of piperidine rings is 1. The van der Waals surface area contributed by atoms with E-state index >= 15 is 0 Å². The molecule has 150 valence electrons. The molecule has 0 unspecified atom stereocenters. The fourth-order valence-corrected chi connectivity index (χ4v) is 3.81. The number of hydrogen-bond donors (Lipinski definition) is 1. The standard InChI is InChI=1S/C23H31N3O2/c1-17-9-10-21(25-23(27)18(2)19-7-5-4-6-8-19)24-22(17)20-11-13-26(14-12-20)15-16-28-3/h4-10,18,20H,11-16H2,1-3H3,(H,24,25,27)/t18-/m1/s1. The molecular weight excluding hydrogens is 350 g/mol. The van der Waals surface area contributed by atoms with Gasteiger partial charge in [0.1, 0.15) is 5.82 Å². The van der Waals surface area contributed by atoms with Gasteiger partial charge in [0, 0.05) is 25.3 Å². The van der Waals surface area contributed by atoms with Gasteiger partial charge < -0.3 is 15.0 Å². The number of aromatic nitrogens is 1. The monoisotopic (exact) mass is 381 g/mol. The first-order chi connectivity index (χ1) is 13.6. The SMILES string of the molecule is COCCN1CCC(c2nc(NC(=O)[C@H](C)c3ccccc3)ccc2C)CC1. The molecule has 1 aliphatic rings. The summed E-state index contributed by atoms with van der Waals surface area (Å²) in [5.74, 6) is 0.858. The van der Waals surface area contributed by atoms with Crippen molar-refractivity contribution in [3.8, 4) is 0 Å². The topological polar surface area (TPSA) is 54.5 Å². The minimum absolute atomic E-state index is 0.0251. The van der Waals surface area contributed by atoms with Gasteiger partial charge in [-0.3, -0.25) is 4.79 Å². The Balaban J connectivity index is 1.64. The Bertz CT molecular complexity index is 771. The van der Waals surface area contributed by atoms with E-state index in [0.29, 0.717) is 11.7 Å². The summed E-state index contributed by atoms with van der Waals surface area (Å²) in [6.45, 7) is 7.94. The molecule has 0 bridgehead atoms. The minimum atomic E-state index is -0.211. The molecule has 0 radical (unpaired) electrons. The van der Waals surface area contributed by atoms with Gasteiger partial charge in [-0.25, -0.2) is 4.98 Å². The summed E-state index contributed by atoms with van der Waals surface area (Å²) in [6, 6.07) is 13.8. The average Bonchev–Trinajstić information content (AvgIpc) is 2.74. The van der Waals surface area contributed by atoms with E-state index in [1.807, 2.05) is 43.3 Å². The number of nitrogens with zero attached hydrogens (tertiary/aromatic N) is 2. The Labute approximate surface area is 168 Å². The maximum absolute atomic E-state index is 12.7. The number of carbonyl (C=O) groups excluding carboxylic acids is 1. The number of likely N-dealkylation sites (tertiary alicyclic amines) is 1. The number of methoxy groups -OCH3 is 1. The van der Waals surface area contributed by atoms with Crippen LogP contribution >= 0.6 is 0 Å². The molecule has 0 saturated carbocycles. The molecule has 1 fully saturated rings. The number of benzene rings is 1. The molecule has 5 nitrogen and oxygen atoms in total. The zero-order valence-electron chi connectivity index (χ0n) is 17.1. The van der Waals surface area contributed by atoms with Crippen molar-refractivity contribution in [3.05, 3.63) is 59.3 Å². The number of carbonyl (C=O) groups is 1. The summed E-state index contributed by atoms with van der Waals surface area (Å²) in [5, 5.41) is 3.01. The van der Waals surface area contributed by atoms with Gasteiger partial charge in [0.15, 0.2) is 0 Å². The third-order valence-corrected chi connectivity index (χ3v) is 5.67. The number of aryl methyl sites for hydroxylation is 1. The zero-order chi connectivity index (χ0) is 19.9. The summed E-state index contributed by atoms with van der Waals surface area (Å²) in [7, 11) is 1.75. The lowest BCUT2D eigenvalue weighted by atomic mass is 9.90. The highest BCUT2D eigenvalue weighted by Gasteiger charge is 2.23. The third kappa shape index (κ3) is 5.18. The predicted octanol–water partition coefficient (Wildman–Crippen LogP) is 3.96. The van der Waals surface area contributed by atoms with Crippen molar-refractivity contribution in [1.29, 1.82) is 0 Å². The number of amides is 1. The fourth-order valence-electron chi connectivity index (χ4n) is 3.81. The molecule has 2 aromatic rings. The number of nitrogens with one attached hydrogen (secondary N) is 1. The lowest BCUT2D eigenvalue weighted by Crippen LogP contribution is -2.35. The highest BCUT2D eigenvalue weighted by atomic mass is 16.5. The van der Waals surface area contributed by atoms with Gasteiger partial charge in [0.2, 0.25) is 5.91 Å². The molecule has 0 aliphatic carbocycles. The van der Waals surface area contributed by atoms with Gasteiger partial charge in [-0.15, -0.1) is 0 Å². The molecule has 0 spiro atoms. The maximum atomic E-state index is 12.7. The average molecular weight is 382 g/mol. The van der Waals surface area contributed by atoms with Gasteiger partial charge >= 0.3 is 0 Å². The van der Waals surface area contributed by atoms with Crippen LogP contribution in [0, 0.1) is 6.92 Å². The third-order valence-electron chi connectivity index (χ3n) is 5.67. The summed E-state index contributed by atoms with van der Waals surface area (Å²) in [4.78, 5) is 19.9. The number of rotatable bonds is 7. The number of hydrogen-bond acceptors (Lipinski definition) is 4. The van der Waals surface area contributed by atoms with Crippen LogP contribution in [0.1, 0.15) is 48.4 Å². The van der Waals surface area contributed by atoms with Crippen molar-refractivity contribution in [2.24, 2.45) is 0 Å². The van der Waals surface area contributed by atoms with Gasteiger partial charge in [0.05, 0.1) is 12.5 Å². The second-order valence-electron chi connectivity index (χ2n) is 7.63. The van der Waals surface area contributed by atoms with E-state index in [9.17, 15) is 4.79 Å². The molecule has 1 atom stereocenters. The smallest absolute Gasteiger partial charge is 0.232 e. The van der Waals surface area contributed by atoms with E-state index in [4.69, 9.17) is 9.72 Å². The van der Waals surface area contributed by atoms with E-state index in [1.165, 1.54) is 5.56 Å². The quantitative estimate of drug-likeness (QED) is 0.789. The van der Waals surface area contributed by atoms with Gasteiger partial charge in [0.25, 0.3) is 0 Å². The van der Waals surface area contributed by atoms with E-state index < -0.39 is 0 Å². The van der Waals surface area contributed by atoms with E-state index in [2.05, 4.69) is 23.2 Å². The molecule has 1 aromatic heterocycles. The minimum Gasteiger partial charge on any atom is -0.383 e. The van der Waals surface area contributed by atoms with Crippen LogP contribution in [-0.4, -0.2) is 49.1 Å². The van der Waals surface area contributed by atoms with Crippen LogP contribution in [0.3, 0.4) is 0 Å². The summed E-state index contributed by atoms with van der Waals surface area (Å²) >= 11 is 0. The molecule has 1 saturated heterocycles. The van der Waals surface area contributed by atoms with Crippen molar-refractivity contribution in [1.82, 2.24) is 9.88 Å². The van der Waals surface area contributed by atoms with Gasteiger partial charge in [-0.1, -0.05) is 36.4 Å². The Morgan fingerprint density at radius 3 is 2.61 bits per heavy atom. The van der Waals surface area contributed by atoms with Crippen LogP contribution in [0.4, 0.5) is 5.82 Å². The van der Waals surface area contributed by atoms with Crippen LogP contribution in [-0.2, 0) is 9.53 Å². The zero-order valence-corrected chi connectivity index (χ0v) is 17.1. The van der Waals surface area contributed by atoms with Crippen LogP contribution in [0.15, 0.2) is 42.5 Å². The van der Waals surface area contributed by atoms with Crippen molar-refractivity contribution in [2.45, 2.75) is 38.5 Å². The molecule has 3 rings (SSSR count). The second-order valence-corrected chi connectivity index (χ2v) is 7.63. The lowest BCUT2D eigenvalue weighted by Gasteiger charge is -2.32. The summed E-state index contributed by atoms with van der Waals surface area (Å²) in [5.41, 5.74) is 3.33. The first-order valence-electron chi connectivity index (χ1n) is 10.1. The fraction of sp³-hybridized carbons (Fsp3) is 0.478. The van der Waals surface area contributed by atoms with Crippen molar-refractivity contribution in [2.75, 3.05) is 38.7 Å². The highest BCUT2D eigenvalue weighted by Crippen LogP contribution is 2.30. The molecular formula is C23H31N3O2. The van der Waals surface area contributed by atoms with E-state index in [1.54, 1.807) is 7.11 Å². The van der Waals surface area contributed by atoms with Crippen molar-refractivity contribution < 1.29 is 9.53 Å². The normalized spacial score (nSPS) is 16.7. The van der Waals surface area contributed by atoms with Crippen molar-refractivity contribution >= 4 is 11.7 Å². The number of ether oxygens (including phenoxy) is 1. The Kier molecular flexibility index (Phi) is 7.18. The summed E-state index contributed by atoms with van der Waals surface area (Å²) < 4.78 is 5.18. The molecule has 2 heterocycles. The van der Waals surface area contributed by atoms with Crippen molar-refractivity contribution in [3.63, 3.8) is 0 Å². The van der Waals surface area contributed by atoms with E-state index in [-0.39, 0.29) is 11.8 Å². The second kappa shape index (κ2) is 9.80. The number of anilines is 1. The van der Waals surface area contributed by atoms with Crippen LogP contribution in [0.5, 0.6) is 0 Å². The first-order valence-corrected chi connectivity index (χ1v) is 10.1. The first kappa shape index (κ1) is 20.5. The van der Waals surface area contributed by atoms with E-state index in [0.717, 1.165) is 50.3 Å².